The number of aromatic carboxylic acids is 1. The maximum atomic E-state index is 12.7. The first-order valence-corrected chi connectivity index (χ1v) is 8.55. The van der Waals surface area contributed by atoms with Crippen LogP contribution in [0.3, 0.4) is 0 Å². The highest BCUT2D eigenvalue weighted by Crippen LogP contribution is 2.25. The number of nitrogens with one attached hydrogen (secondary N) is 1. The van der Waals surface area contributed by atoms with Crippen LogP contribution in [0.2, 0.25) is 0 Å². The van der Waals surface area contributed by atoms with Gasteiger partial charge in [0.2, 0.25) is 0 Å². The van der Waals surface area contributed by atoms with Crippen LogP contribution in [0.15, 0.2) is 35.2 Å². The van der Waals surface area contributed by atoms with Gasteiger partial charge in [0.25, 0.3) is 10.0 Å². The summed E-state index contributed by atoms with van der Waals surface area (Å²) in [6.07, 6.45) is 0. The van der Waals surface area contributed by atoms with E-state index < -0.39 is 16.0 Å². The predicted octanol–water partition coefficient (Wildman–Crippen LogP) is 3.42. The second kappa shape index (κ2) is 6.04. The van der Waals surface area contributed by atoms with Gasteiger partial charge in [-0.25, -0.2) is 13.2 Å². The molecule has 0 aliphatic rings. The van der Waals surface area contributed by atoms with Crippen LogP contribution in [0.4, 0.5) is 5.69 Å². The summed E-state index contributed by atoms with van der Waals surface area (Å²) >= 11 is 0. The van der Waals surface area contributed by atoms with Crippen molar-refractivity contribution in [2.45, 2.75) is 32.6 Å². The average Bonchev–Trinajstić information content (AvgIpc) is 2.44. The second-order valence-electron chi connectivity index (χ2n) is 5.65. The summed E-state index contributed by atoms with van der Waals surface area (Å²) in [5.41, 5.74) is 3.32. The molecule has 2 aromatic carbocycles. The number of hydrogen-bond donors (Lipinski definition) is 2. The van der Waals surface area contributed by atoms with E-state index in [9.17, 15) is 13.2 Å². The van der Waals surface area contributed by atoms with Gasteiger partial charge in [-0.05, 0) is 68.1 Å². The van der Waals surface area contributed by atoms with Crippen molar-refractivity contribution in [3.8, 4) is 0 Å². The Morgan fingerprint density at radius 2 is 1.65 bits per heavy atom. The van der Waals surface area contributed by atoms with Gasteiger partial charge in [0.05, 0.1) is 16.1 Å². The van der Waals surface area contributed by atoms with Gasteiger partial charge >= 0.3 is 5.97 Å². The van der Waals surface area contributed by atoms with Crippen molar-refractivity contribution in [3.63, 3.8) is 0 Å². The molecule has 0 bridgehead atoms. The summed E-state index contributed by atoms with van der Waals surface area (Å²) < 4.78 is 28.0. The van der Waals surface area contributed by atoms with Crippen molar-refractivity contribution in [1.82, 2.24) is 0 Å². The average molecular weight is 333 g/mol. The zero-order valence-corrected chi connectivity index (χ0v) is 14.3. The van der Waals surface area contributed by atoms with E-state index in [4.69, 9.17) is 5.11 Å². The summed E-state index contributed by atoms with van der Waals surface area (Å²) in [5, 5.41) is 9.15. The fourth-order valence-corrected chi connectivity index (χ4v) is 3.74. The van der Waals surface area contributed by atoms with Crippen LogP contribution >= 0.6 is 0 Å². The van der Waals surface area contributed by atoms with Crippen molar-refractivity contribution in [1.29, 1.82) is 0 Å². The zero-order valence-electron chi connectivity index (χ0n) is 13.5. The van der Waals surface area contributed by atoms with Crippen LogP contribution in [0, 0.1) is 27.7 Å². The van der Waals surface area contributed by atoms with Gasteiger partial charge in [0.1, 0.15) is 0 Å². The Morgan fingerprint density at radius 1 is 1.00 bits per heavy atom. The Bertz CT molecular complexity index is 886. The van der Waals surface area contributed by atoms with E-state index in [2.05, 4.69) is 4.72 Å². The summed E-state index contributed by atoms with van der Waals surface area (Å²) in [5.74, 6) is -1.16. The lowest BCUT2D eigenvalue weighted by atomic mass is 10.1. The fourth-order valence-electron chi connectivity index (χ4n) is 2.28. The van der Waals surface area contributed by atoms with Crippen molar-refractivity contribution in [2.24, 2.45) is 0 Å². The number of aryl methyl sites for hydroxylation is 3. The van der Waals surface area contributed by atoms with Crippen LogP contribution in [-0.4, -0.2) is 19.5 Å². The standard InChI is InChI=1S/C17H19NO4S/c1-10-5-6-11(2)15(7-10)18-23(21,22)16-9-14(17(19)20)8-12(3)13(16)4/h5-9,18H,1-4H3,(H,19,20). The molecule has 0 heterocycles. The Hall–Kier alpha value is -2.34. The molecule has 5 nitrogen and oxygen atoms in total. The van der Waals surface area contributed by atoms with E-state index in [0.717, 1.165) is 11.1 Å². The topological polar surface area (TPSA) is 83.5 Å². The maximum absolute atomic E-state index is 12.7. The second-order valence-corrected chi connectivity index (χ2v) is 7.30. The lowest BCUT2D eigenvalue weighted by Gasteiger charge is -2.15. The van der Waals surface area contributed by atoms with Crippen molar-refractivity contribution in [3.05, 3.63) is 58.1 Å². The number of anilines is 1. The number of carboxylic acid groups (broad SMARTS) is 1. The Kier molecular flexibility index (Phi) is 4.47. The van der Waals surface area contributed by atoms with Crippen LogP contribution in [-0.2, 0) is 10.0 Å². The first kappa shape index (κ1) is 17.0. The van der Waals surface area contributed by atoms with Gasteiger partial charge in [-0.1, -0.05) is 12.1 Å². The highest BCUT2D eigenvalue weighted by Gasteiger charge is 2.21. The first-order chi connectivity index (χ1) is 10.6. The normalized spacial score (nSPS) is 11.3. The molecule has 6 heteroatoms. The minimum absolute atomic E-state index is 0.0178. The van der Waals surface area contributed by atoms with Crippen LogP contribution in [0.25, 0.3) is 0 Å². The molecule has 122 valence electrons. The minimum Gasteiger partial charge on any atom is -0.478 e. The molecule has 2 N–H and O–H groups in total. The molecule has 23 heavy (non-hydrogen) atoms. The van der Waals surface area contributed by atoms with Crippen molar-refractivity contribution in [2.75, 3.05) is 4.72 Å². The molecule has 2 rings (SSSR count). The lowest BCUT2D eigenvalue weighted by molar-refractivity contribution is 0.0696. The highest BCUT2D eigenvalue weighted by atomic mass is 32.2. The molecule has 0 aromatic heterocycles. The van der Waals surface area contributed by atoms with E-state index in [1.165, 1.54) is 12.1 Å². The van der Waals surface area contributed by atoms with Gasteiger partial charge in [0, 0.05) is 0 Å². The molecule has 0 unspecified atom stereocenters. The summed E-state index contributed by atoms with van der Waals surface area (Å²) in [6, 6.07) is 8.13. The first-order valence-electron chi connectivity index (χ1n) is 7.06. The number of sulfonamides is 1. The third-order valence-electron chi connectivity index (χ3n) is 3.79. The fraction of sp³-hybridized carbons (Fsp3) is 0.235. The molecular formula is C17H19NO4S. The van der Waals surface area contributed by atoms with Crippen LogP contribution in [0.5, 0.6) is 0 Å². The van der Waals surface area contributed by atoms with Crippen LogP contribution < -0.4 is 4.72 Å². The van der Waals surface area contributed by atoms with Crippen molar-refractivity contribution >= 4 is 21.7 Å². The molecule has 0 atom stereocenters. The Morgan fingerprint density at radius 3 is 2.26 bits per heavy atom. The van der Waals surface area contributed by atoms with E-state index in [0.29, 0.717) is 16.8 Å². The van der Waals surface area contributed by atoms with Gasteiger partial charge in [-0.15, -0.1) is 0 Å². The monoisotopic (exact) mass is 333 g/mol. The molecule has 0 fully saturated rings. The van der Waals surface area contributed by atoms with E-state index >= 15 is 0 Å². The number of carbonyl (C=O) groups is 1. The summed E-state index contributed by atoms with van der Waals surface area (Å²) in [4.78, 5) is 11.2. The Labute approximate surface area is 136 Å². The third-order valence-corrected chi connectivity index (χ3v) is 5.29. The summed E-state index contributed by atoms with van der Waals surface area (Å²) in [7, 11) is -3.88. The van der Waals surface area contributed by atoms with Gasteiger partial charge in [-0.2, -0.15) is 0 Å². The van der Waals surface area contributed by atoms with Gasteiger partial charge in [0.15, 0.2) is 0 Å². The number of rotatable bonds is 4. The molecule has 0 aliphatic heterocycles. The maximum Gasteiger partial charge on any atom is 0.335 e. The molecule has 0 radical (unpaired) electrons. The van der Waals surface area contributed by atoms with E-state index in [-0.39, 0.29) is 10.5 Å². The Balaban J connectivity index is 2.56. The molecule has 0 spiro atoms. The minimum atomic E-state index is -3.88. The largest absolute Gasteiger partial charge is 0.478 e. The predicted molar refractivity (Wildman–Crippen MR) is 89.6 cm³/mol. The zero-order chi connectivity index (χ0) is 17.4. The molecule has 0 aliphatic carbocycles. The third kappa shape index (κ3) is 3.53. The highest BCUT2D eigenvalue weighted by molar-refractivity contribution is 7.92. The molecule has 0 saturated heterocycles. The van der Waals surface area contributed by atoms with Crippen molar-refractivity contribution < 1.29 is 18.3 Å². The lowest BCUT2D eigenvalue weighted by Crippen LogP contribution is -2.16. The van der Waals surface area contributed by atoms with Crippen LogP contribution in [0.1, 0.15) is 32.6 Å². The summed E-state index contributed by atoms with van der Waals surface area (Å²) in [6.45, 7) is 7.04. The van der Waals surface area contributed by atoms with E-state index in [1.807, 2.05) is 26.0 Å². The van der Waals surface area contributed by atoms with Gasteiger partial charge in [-0.3, -0.25) is 4.72 Å². The molecule has 0 saturated carbocycles. The molecular weight excluding hydrogens is 314 g/mol. The number of carboxylic acids is 1. The number of benzene rings is 2. The number of hydrogen-bond acceptors (Lipinski definition) is 3. The SMILES string of the molecule is Cc1ccc(C)c(NS(=O)(=O)c2cc(C(=O)O)cc(C)c2C)c1. The quantitative estimate of drug-likeness (QED) is 0.898. The smallest absolute Gasteiger partial charge is 0.335 e. The van der Waals surface area contributed by atoms with E-state index in [1.54, 1.807) is 19.9 Å². The molecule has 0 amide bonds. The van der Waals surface area contributed by atoms with Gasteiger partial charge < -0.3 is 5.11 Å². The molecule has 2 aromatic rings.